The van der Waals surface area contributed by atoms with Crippen molar-refractivity contribution in [1.29, 1.82) is 0 Å². The third kappa shape index (κ3) is 4.12. The van der Waals surface area contributed by atoms with Crippen LogP contribution in [0.4, 0.5) is 0 Å². The summed E-state index contributed by atoms with van der Waals surface area (Å²) >= 11 is 1.76. The standard InChI is InChI=1S/C29H33N5OS/c35-29(21-6-12-32(13-7-21)18-20-10-16-36-19-20)33-14-8-23(9-15-33)34-26-4-2-1-3-25(26)31-28(34)27-24-17-22(24)5-11-30-27/h1-5,10-11,16,19,21-24H,6-9,12-15,17-18H2. The second-order valence-electron chi connectivity index (χ2n) is 10.9. The van der Waals surface area contributed by atoms with E-state index in [1.165, 1.54) is 17.5 Å². The Labute approximate surface area is 216 Å². The summed E-state index contributed by atoms with van der Waals surface area (Å²) < 4.78 is 2.45. The van der Waals surface area contributed by atoms with Crippen LogP contribution in [0, 0.1) is 17.8 Å². The van der Waals surface area contributed by atoms with Crippen LogP contribution in [0.3, 0.4) is 0 Å². The SMILES string of the molecule is O=C(C1CCN(Cc2ccsc2)CC1)N1CCC(n2c(C3=NC=CC4CC34)nc3ccccc32)CC1. The van der Waals surface area contributed by atoms with Gasteiger partial charge < -0.3 is 9.47 Å². The van der Waals surface area contributed by atoms with Gasteiger partial charge >= 0.3 is 0 Å². The topological polar surface area (TPSA) is 53.7 Å². The number of carbonyl (C=O) groups is 1. The third-order valence-electron chi connectivity index (χ3n) is 8.63. The van der Waals surface area contributed by atoms with Gasteiger partial charge in [0.2, 0.25) is 5.91 Å². The van der Waals surface area contributed by atoms with E-state index in [0.29, 0.717) is 23.8 Å². The van der Waals surface area contributed by atoms with E-state index < -0.39 is 0 Å². The van der Waals surface area contributed by atoms with Crippen molar-refractivity contribution in [3.05, 3.63) is 64.8 Å². The Hall–Kier alpha value is -2.77. The Morgan fingerprint density at radius 1 is 1.03 bits per heavy atom. The number of imidazole rings is 1. The maximum absolute atomic E-state index is 13.4. The van der Waals surface area contributed by atoms with Gasteiger partial charge in [0.15, 0.2) is 5.82 Å². The van der Waals surface area contributed by atoms with Gasteiger partial charge in [0, 0.05) is 43.7 Å². The number of hydrogen-bond acceptors (Lipinski definition) is 5. The molecule has 6 nitrogen and oxygen atoms in total. The zero-order chi connectivity index (χ0) is 24.1. The van der Waals surface area contributed by atoms with Gasteiger partial charge in [-0.25, -0.2) is 4.98 Å². The van der Waals surface area contributed by atoms with Gasteiger partial charge in [0.1, 0.15) is 0 Å². The van der Waals surface area contributed by atoms with Gasteiger partial charge in [-0.1, -0.05) is 18.2 Å². The molecule has 1 amide bonds. The van der Waals surface area contributed by atoms with Crippen molar-refractivity contribution in [2.45, 2.75) is 44.7 Å². The van der Waals surface area contributed by atoms with Crippen molar-refractivity contribution in [2.24, 2.45) is 22.7 Å². The largest absolute Gasteiger partial charge is 0.342 e. The first-order valence-corrected chi connectivity index (χ1v) is 14.4. The number of benzene rings is 1. The van der Waals surface area contributed by atoms with Crippen LogP contribution >= 0.6 is 11.3 Å². The van der Waals surface area contributed by atoms with Crippen LogP contribution in [0.2, 0.25) is 0 Å². The molecular formula is C29H33N5OS. The normalized spacial score (nSPS) is 25.2. The summed E-state index contributed by atoms with van der Waals surface area (Å²) in [6.07, 6.45) is 9.32. The van der Waals surface area contributed by atoms with Crippen LogP contribution in [0.1, 0.15) is 49.5 Å². The van der Waals surface area contributed by atoms with E-state index in [2.05, 4.69) is 61.5 Å². The lowest BCUT2D eigenvalue weighted by Gasteiger charge is -2.38. The van der Waals surface area contributed by atoms with Crippen LogP contribution in [0.15, 0.2) is 58.4 Å². The minimum absolute atomic E-state index is 0.181. The molecule has 0 bridgehead atoms. The molecule has 2 atom stereocenters. The molecule has 2 saturated heterocycles. The zero-order valence-corrected chi connectivity index (χ0v) is 21.4. The van der Waals surface area contributed by atoms with Crippen LogP contribution in [0.25, 0.3) is 11.0 Å². The fourth-order valence-corrected chi connectivity index (χ4v) is 7.13. The minimum Gasteiger partial charge on any atom is -0.342 e. The predicted molar refractivity (Wildman–Crippen MR) is 144 cm³/mol. The third-order valence-corrected chi connectivity index (χ3v) is 9.36. The number of likely N-dealkylation sites (tertiary alicyclic amines) is 2. The van der Waals surface area contributed by atoms with E-state index in [4.69, 9.17) is 9.98 Å². The second-order valence-corrected chi connectivity index (χ2v) is 11.7. The van der Waals surface area contributed by atoms with E-state index in [1.54, 1.807) is 11.3 Å². The van der Waals surface area contributed by atoms with Gasteiger partial charge in [-0.3, -0.25) is 14.7 Å². The molecule has 2 aromatic heterocycles. The molecule has 7 rings (SSSR count). The van der Waals surface area contributed by atoms with Crippen molar-refractivity contribution in [1.82, 2.24) is 19.4 Å². The Kier molecular flexibility index (Phi) is 5.78. The molecule has 0 radical (unpaired) electrons. The first-order chi connectivity index (χ1) is 17.7. The Morgan fingerprint density at radius 3 is 2.67 bits per heavy atom. The molecule has 7 heteroatoms. The zero-order valence-electron chi connectivity index (χ0n) is 20.6. The number of fused-ring (bicyclic) bond motifs is 2. The van der Waals surface area contributed by atoms with Gasteiger partial charge in [-0.05, 0) is 85.6 Å². The summed E-state index contributed by atoms with van der Waals surface area (Å²) in [5.41, 5.74) is 4.80. The van der Waals surface area contributed by atoms with E-state index in [1.807, 2.05) is 6.20 Å². The van der Waals surface area contributed by atoms with Gasteiger partial charge in [-0.15, -0.1) is 0 Å². The number of aliphatic imine (C=N–C) groups is 1. The molecule has 1 aliphatic carbocycles. The molecule has 1 aromatic carbocycles. The highest BCUT2D eigenvalue weighted by Gasteiger charge is 2.43. The molecule has 1 saturated carbocycles. The number of nitrogens with zero attached hydrogens (tertiary/aromatic N) is 5. The molecular weight excluding hydrogens is 466 g/mol. The molecule has 3 aliphatic heterocycles. The highest BCUT2D eigenvalue weighted by Crippen LogP contribution is 2.45. The van der Waals surface area contributed by atoms with Crippen LogP contribution in [-0.4, -0.2) is 57.1 Å². The number of para-hydroxylation sites is 2. The van der Waals surface area contributed by atoms with E-state index >= 15 is 0 Å². The van der Waals surface area contributed by atoms with Gasteiger partial charge in [0.05, 0.1) is 16.7 Å². The molecule has 3 aromatic rings. The molecule has 4 aliphatic rings. The number of carbonyl (C=O) groups excluding carboxylic acids is 1. The van der Waals surface area contributed by atoms with Crippen molar-refractivity contribution in [3.8, 4) is 0 Å². The highest BCUT2D eigenvalue weighted by atomic mass is 32.1. The highest BCUT2D eigenvalue weighted by molar-refractivity contribution is 7.07. The maximum atomic E-state index is 13.4. The molecule has 5 heterocycles. The Morgan fingerprint density at radius 2 is 1.86 bits per heavy atom. The molecule has 3 fully saturated rings. The minimum atomic E-state index is 0.181. The number of aromatic nitrogens is 2. The fourth-order valence-electron chi connectivity index (χ4n) is 6.47. The van der Waals surface area contributed by atoms with E-state index in [0.717, 1.165) is 75.5 Å². The average Bonchev–Trinajstić information content (AvgIpc) is 3.36. The number of piperidine rings is 2. The summed E-state index contributed by atoms with van der Waals surface area (Å²) in [7, 11) is 0. The van der Waals surface area contributed by atoms with E-state index in [-0.39, 0.29) is 5.92 Å². The van der Waals surface area contributed by atoms with Crippen molar-refractivity contribution >= 4 is 34.0 Å². The Balaban J connectivity index is 1.03. The monoisotopic (exact) mass is 499 g/mol. The molecule has 36 heavy (non-hydrogen) atoms. The number of allylic oxidation sites excluding steroid dienone is 1. The molecule has 186 valence electrons. The van der Waals surface area contributed by atoms with Crippen molar-refractivity contribution in [3.63, 3.8) is 0 Å². The van der Waals surface area contributed by atoms with Crippen molar-refractivity contribution in [2.75, 3.05) is 26.2 Å². The van der Waals surface area contributed by atoms with Gasteiger partial charge in [-0.2, -0.15) is 11.3 Å². The summed E-state index contributed by atoms with van der Waals surface area (Å²) in [5.74, 6) is 2.78. The molecule has 0 N–H and O–H groups in total. The number of hydrogen-bond donors (Lipinski definition) is 0. The number of thiophene rings is 1. The van der Waals surface area contributed by atoms with Crippen molar-refractivity contribution < 1.29 is 4.79 Å². The quantitative estimate of drug-likeness (QED) is 0.489. The smallest absolute Gasteiger partial charge is 0.225 e. The predicted octanol–water partition coefficient (Wildman–Crippen LogP) is 5.13. The summed E-state index contributed by atoms with van der Waals surface area (Å²) in [6.45, 7) is 4.73. The van der Waals surface area contributed by atoms with Crippen LogP contribution in [0.5, 0.6) is 0 Å². The summed E-state index contributed by atoms with van der Waals surface area (Å²) in [4.78, 5) is 27.9. The van der Waals surface area contributed by atoms with Crippen LogP contribution < -0.4 is 0 Å². The lowest BCUT2D eigenvalue weighted by molar-refractivity contribution is -0.138. The number of rotatable bonds is 5. The lowest BCUT2D eigenvalue weighted by Crippen LogP contribution is -2.45. The second kappa shape index (κ2) is 9.27. The Bertz CT molecular complexity index is 1310. The lowest BCUT2D eigenvalue weighted by atomic mass is 9.93. The average molecular weight is 500 g/mol. The maximum Gasteiger partial charge on any atom is 0.225 e. The fraction of sp³-hybridized carbons (Fsp3) is 0.483. The number of amides is 1. The molecule has 2 unspecified atom stereocenters. The molecule has 0 spiro atoms. The van der Waals surface area contributed by atoms with Gasteiger partial charge in [0.25, 0.3) is 0 Å². The van der Waals surface area contributed by atoms with Crippen LogP contribution in [-0.2, 0) is 11.3 Å². The van der Waals surface area contributed by atoms with E-state index in [9.17, 15) is 4.79 Å². The summed E-state index contributed by atoms with van der Waals surface area (Å²) in [6, 6.07) is 11.0. The first kappa shape index (κ1) is 22.4. The summed E-state index contributed by atoms with van der Waals surface area (Å²) in [5, 5.41) is 4.38. The first-order valence-electron chi connectivity index (χ1n) is 13.5.